The van der Waals surface area contributed by atoms with E-state index in [1.165, 1.54) is 12.8 Å². The second-order valence-corrected chi connectivity index (χ2v) is 7.45. The fourth-order valence-electron chi connectivity index (χ4n) is 3.54. The third-order valence-electron chi connectivity index (χ3n) is 5.16. The first kappa shape index (κ1) is 24.1. The second kappa shape index (κ2) is 14.0. The number of nitrogens with zero attached hydrogens (tertiary/aromatic N) is 2. The molecule has 1 unspecified atom stereocenters. The van der Waals surface area contributed by atoms with Gasteiger partial charge in [0, 0.05) is 45.6 Å². The van der Waals surface area contributed by atoms with Gasteiger partial charge in [-0.25, -0.2) is 4.98 Å². The zero-order valence-electron chi connectivity index (χ0n) is 17.4. The van der Waals surface area contributed by atoms with Crippen LogP contribution < -0.4 is 15.4 Å². The zero-order valence-corrected chi connectivity index (χ0v) is 19.7. The van der Waals surface area contributed by atoms with Gasteiger partial charge in [0.05, 0.1) is 12.7 Å². The molecule has 1 aliphatic heterocycles. The standard InChI is InChI=1S/C21H34N4O3.HI/c1-22-21(23-11-5-12-26-16-19-8-4-13-27-19)25-15-17-9-10-20(24-14-17)28-18-6-2-3-7-18;/h9-10,14,18-19H,2-8,11-13,15-16H2,1H3,(H2,22,23,25);1H. The molecule has 3 rings (SSSR count). The van der Waals surface area contributed by atoms with Gasteiger partial charge in [0.2, 0.25) is 5.88 Å². The topological polar surface area (TPSA) is 77.0 Å². The first-order valence-electron chi connectivity index (χ1n) is 10.6. The summed E-state index contributed by atoms with van der Waals surface area (Å²) < 4.78 is 17.1. The molecule has 1 atom stereocenters. The second-order valence-electron chi connectivity index (χ2n) is 7.45. The maximum Gasteiger partial charge on any atom is 0.213 e. The van der Waals surface area contributed by atoms with Gasteiger partial charge in [0.1, 0.15) is 6.10 Å². The first-order chi connectivity index (χ1) is 13.8. The van der Waals surface area contributed by atoms with E-state index in [0.29, 0.717) is 25.4 Å². The molecule has 1 aromatic rings. The third kappa shape index (κ3) is 9.04. The Hall–Kier alpha value is -1.13. The van der Waals surface area contributed by atoms with Gasteiger partial charge in [-0.1, -0.05) is 6.07 Å². The molecular formula is C21H35IN4O3. The molecule has 29 heavy (non-hydrogen) atoms. The molecule has 0 spiro atoms. The van der Waals surface area contributed by atoms with Crippen molar-refractivity contribution in [3.63, 3.8) is 0 Å². The average Bonchev–Trinajstić information content (AvgIpc) is 3.42. The summed E-state index contributed by atoms with van der Waals surface area (Å²) in [4.78, 5) is 8.68. The summed E-state index contributed by atoms with van der Waals surface area (Å²) in [5, 5.41) is 6.62. The molecule has 1 saturated carbocycles. The van der Waals surface area contributed by atoms with Crippen LogP contribution in [0.25, 0.3) is 0 Å². The summed E-state index contributed by atoms with van der Waals surface area (Å²) in [6, 6.07) is 4.01. The molecule has 0 amide bonds. The summed E-state index contributed by atoms with van der Waals surface area (Å²) in [6.07, 6.45) is 10.5. The Morgan fingerprint density at radius 2 is 2.07 bits per heavy atom. The van der Waals surface area contributed by atoms with Gasteiger partial charge in [-0.15, -0.1) is 24.0 Å². The molecule has 1 aromatic heterocycles. The Labute approximate surface area is 191 Å². The zero-order chi connectivity index (χ0) is 19.4. The van der Waals surface area contributed by atoms with Gasteiger partial charge in [-0.2, -0.15) is 0 Å². The number of hydrogen-bond donors (Lipinski definition) is 2. The lowest BCUT2D eigenvalue weighted by molar-refractivity contribution is 0.0168. The minimum Gasteiger partial charge on any atom is -0.474 e. The number of halogens is 1. The third-order valence-corrected chi connectivity index (χ3v) is 5.16. The Kier molecular flexibility index (Phi) is 11.6. The van der Waals surface area contributed by atoms with Crippen molar-refractivity contribution in [1.82, 2.24) is 15.6 Å². The lowest BCUT2D eigenvalue weighted by Gasteiger charge is -2.14. The minimum atomic E-state index is 0. The van der Waals surface area contributed by atoms with Gasteiger partial charge >= 0.3 is 0 Å². The molecule has 2 N–H and O–H groups in total. The van der Waals surface area contributed by atoms with Crippen LogP contribution in [0.15, 0.2) is 23.3 Å². The van der Waals surface area contributed by atoms with Crippen molar-refractivity contribution in [3.05, 3.63) is 23.9 Å². The molecule has 2 fully saturated rings. The number of pyridine rings is 1. The number of hydrogen-bond acceptors (Lipinski definition) is 5. The van der Waals surface area contributed by atoms with Gasteiger partial charge in [0.25, 0.3) is 0 Å². The molecule has 1 aliphatic carbocycles. The molecule has 0 bridgehead atoms. The van der Waals surface area contributed by atoms with Crippen molar-refractivity contribution in [3.8, 4) is 5.88 Å². The van der Waals surface area contributed by atoms with Crippen LogP contribution in [0.3, 0.4) is 0 Å². The summed E-state index contributed by atoms with van der Waals surface area (Å²) >= 11 is 0. The highest BCUT2D eigenvalue weighted by atomic mass is 127. The van der Waals surface area contributed by atoms with Crippen LogP contribution in [0.5, 0.6) is 5.88 Å². The van der Waals surface area contributed by atoms with E-state index < -0.39 is 0 Å². The van der Waals surface area contributed by atoms with E-state index >= 15 is 0 Å². The van der Waals surface area contributed by atoms with Crippen molar-refractivity contribution < 1.29 is 14.2 Å². The van der Waals surface area contributed by atoms with E-state index in [9.17, 15) is 0 Å². The van der Waals surface area contributed by atoms with Gasteiger partial charge in [-0.05, 0) is 50.5 Å². The van der Waals surface area contributed by atoms with Gasteiger partial charge in [-0.3, -0.25) is 4.99 Å². The van der Waals surface area contributed by atoms with Crippen molar-refractivity contribution in [2.24, 2.45) is 4.99 Å². The summed E-state index contributed by atoms with van der Waals surface area (Å²) in [6.45, 7) is 3.81. The van der Waals surface area contributed by atoms with Crippen molar-refractivity contribution in [2.45, 2.75) is 63.7 Å². The largest absolute Gasteiger partial charge is 0.474 e. The molecule has 1 saturated heterocycles. The quantitative estimate of drug-likeness (QED) is 0.214. The monoisotopic (exact) mass is 518 g/mol. The summed E-state index contributed by atoms with van der Waals surface area (Å²) in [5.41, 5.74) is 1.10. The van der Waals surface area contributed by atoms with E-state index in [2.05, 4.69) is 26.7 Å². The molecule has 8 heteroatoms. The van der Waals surface area contributed by atoms with Crippen molar-refractivity contribution in [2.75, 3.05) is 33.4 Å². The molecule has 7 nitrogen and oxygen atoms in total. The predicted molar refractivity (Wildman–Crippen MR) is 125 cm³/mol. The van der Waals surface area contributed by atoms with E-state index in [-0.39, 0.29) is 24.0 Å². The van der Waals surface area contributed by atoms with Gasteiger partial charge < -0.3 is 24.8 Å². The average molecular weight is 518 g/mol. The Morgan fingerprint density at radius 3 is 2.76 bits per heavy atom. The number of rotatable bonds is 10. The lowest BCUT2D eigenvalue weighted by atomic mass is 10.2. The summed E-state index contributed by atoms with van der Waals surface area (Å²) in [7, 11) is 1.78. The number of aromatic nitrogens is 1. The fourth-order valence-corrected chi connectivity index (χ4v) is 3.54. The number of aliphatic imine (C=N–C) groups is 1. The van der Waals surface area contributed by atoms with Crippen LogP contribution in [-0.4, -0.2) is 56.6 Å². The van der Waals surface area contributed by atoms with Crippen LogP contribution in [0, 0.1) is 0 Å². The molecular weight excluding hydrogens is 483 g/mol. The van der Waals surface area contributed by atoms with Crippen molar-refractivity contribution >= 4 is 29.9 Å². The SMILES string of the molecule is CN=C(NCCCOCC1CCCO1)NCc1ccc(OC2CCCC2)nc1.I. The van der Waals surface area contributed by atoms with E-state index in [0.717, 1.165) is 69.3 Å². The maximum atomic E-state index is 5.91. The normalized spacial score (nSPS) is 19.8. The van der Waals surface area contributed by atoms with Crippen molar-refractivity contribution in [1.29, 1.82) is 0 Å². The number of guanidine groups is 1. The Balaban J connectivity index is 0.00000300. The highest BCUT2D eigenvalue weighted by Gasteiger charge is 2.17. The minimum absolute atomic E-state index is 0. The number of nitrogens with one attached hydrogen (secondary N) is 2. The van der Waals surface area contributed by atoms with E-state index in [4.69, 9.17) is 14.2 Å². The molecule has 2 heterocycles. The van der Waals surface area contributed by atoms with Gasteiger partial charge in [0.15, 0.2) is 5.96 Å². The van der Waals surface area contributed by atoms with Crippen LogP contribution >= 0.6 is 24.0 Å². The number of ether oxygens (including phenoxy) is 3. The fraction of sp³-hybridized carbons (Fsp3) is 0.714. The van der Waals surface area contributed by atoms with Crippen LogP contribution in [0.4, 0.5) is 0 Å². The molecule has 0 aromatic carbocycles. The molecule has 164 valence electrons. The van der Waals surface area contributed by atoms with E-state index in [1.807, 2.05) is 12.3 Å². The highest BCUT2D eigenvalue weighted by molar-refractivity contribution is 14.0. The first-order valence-corrected chi connectivity index (χ1v) is 10.6. The van der Waals surface area contributed by atoms with Crippen LogP contribution in [0.2, 0.25) is 0 Å². The van der Waals surface area contributed by atoms with Crippen LogP contribution in [0.1, 0.15) is 50.5 Å². The highest BCUT2D eigenvalue weighted by Crippen LogP contribution is 2.22. The maximum absolute atomic E-state index is 5.91. The Bertz CT molecular complexity index is 588. The smallest absolute Gasteiger partial charge is 0.213 e. The summed E-state index contributed by atoms with van der Waals surface area (Å²) in [5.74, 6) is 1.51. The van der Waals surface area contributed by atoms with Crippen LogP contribution in [-0.2, 0) is 16.0 Å². The van der Waals surface area contributed by atoms with E-state index in [1.54, 1.807) is 7.05 Å². The molecule has 0 radical (unpaired) electrons. The lowest BCUT2D eigenvalue weighted by Crippen LogP contribution is -2.37. The predicted octanol–water partition coefficient (Wildman–Crippen LogP) is 3.27. The molecule has 2 aliphatic rings. The Morgan fingerprint density at radius 1 is 1.21 bits per heavy atom.